The zero-order chi connectivity index (χ0) is 10.4. The van der Waals surface area contributed by atoms with Gasteiger partial charge in [0.15, 0.2) is 0 Å². The van der Waals surface area contributed by atoms with Gasteiger partial charge < -0.3 is 10.2 Å². The molecule has 0 bridgehead atoms. The van der Waals surface area contributed by atoms with Crippen molar-refractivity contribution in [1.29, 1.82) is 0 Å². The first-order chi connectivity index (χ1) is 6.76. The van der Waals surface area contributed by atoms with E-state index in [2.05, 4.69) is 19.1 Å². The monoisotopic (exact) mass is 232 g/mol. The zero-order valence-electron chi connectivity index (χ0n) is 8.27. The highest BCUT2D eigenvalue weighted by atomic mass is 32.2. The van der Waals surface area contributed by atoms with Gasteiger partial charge in [-0.15, -0.1) is 11.3 Å². The number of rotatable bonds is 6. The second kappa shape index (κ2) is 6.45. The average Bonchev–Trinajstić information content (AvgIpc) is 2.65. The first-order valence-electron chi connectivity index (χ1n) is 4.70. The van der Waals surface area contributed by atoms with Crippen molar-refractivity contribution in [3.63, 3.8) is 0 Å². The van der Waals surface area contributed by atoms with Crippen LogP contribution in [0, 0.1) is 0 Å². The molecule has 1 aromatic rings. The molecule has 0 fully saturated rings. The van der Waals surface area contributed by atoms with E-state index in [1.807, 2.05) is 11.3 Å². The van der Waals surface area contributed by atoms with E-state index >= 15 is 0 Å². The second-order valence-electron chi connectivity index (χ2n) is 3.07. The van der Waals surface area contributed by atoms with E-state index < -0.39 is 6.10 Å². The van der Waals surface area contributed by atoms with E-state index in [1.165, 1.54) is 9.75 Å². The van der Waals surface area contributed by atoms with Crippen molar-refractivity contribution in [2.45, 2.75) is 25.2 Å². The Labute approximate surface area is 93.0 Å². The van der Waals surface area contributed by atoms with Gasteiger partial charge in [0.05, 0.1) is 12.7 Å². The van der Waals surface area contributed by atoms with Gasteiger partial charge in [-0.3, -0.25) is 0 Å². The Hall–Kier alpha value is -0.0300. The van der Waals surface area contributed by atoms with Gasteiger partial charge in [-0.1, -0.05) is 6.92 Å². The van der Waals surface area contributed by atoms with Crippen LogP contribution in [0.5, 0.6) is 0 Å². The summed E-state index contributed by atoms with van der Waals surface area (Å²) in [6.45, 7) is 2.01. The summed E-state index contributed by atoms with van der Waals surface area (Å²) in [6, 6.07) is 4.30. The van der Waals surface area contributed by atoms with E-state index in [4.69, 9.17) is 10.2 Å². The largest absolute Gasteiger partial charge is 0.394 e. The predicted octanol–water partition coefficient (Wildman–Crippen LogP) is 1.90. The fourth-order valence-electron chi connectivity index (χ4n) is 1.04. The third-order valence-corrected chi connectivity index (χ3v) is 4.38. The number of thiophene rings is 1. The Morgan fingerprint density at radius 3 is 2.71 bits per heavy atom. The summed E-state index contributed by atoms with van der Waals surface area (Å²) >= 11 is 3.49. The molecule has 1 heterocycles. The molecule has 1 rings (SSSR count). The Morgan fingerprint density at radius 2 is 2.14 bits per heavy atom. The molecule has 1 atom stereocenters. The van der Waals surface area contributed by atoms with Crippen LogP contribution < -0.4 is 0 Å². The lowest BCUT2D eigenvalue weighted by atomic mass is 10.4. The average molecular weight is 232 g/mol. The van der Waals surface area contributed by atoms with Crippen molar-refractivity contribution < 1.29 is 10.2 Å². The molecule has 2 N–H and O–H groups in total. The molecule has 0 radical (unpaired) electrons. The van der Waals surface area contributed by atoms with Gasteiger partial charge in [-0.2, -0.15) is 11.8 Å². The lowest BCUT2D eigenvalue weighted by molar-refractivity contribution is 0.113. The molecule has 0 saturated carbocycles. The Morgan fingerprint density at radius 1 is 1.43 bits per heavy atom. The van der Waals surface area contributed by atoms with Crippen molar-refractivity contribution in [1.82, 2.24) is 0 Å². The molecule has 0 aliphatic heterocycles. The van der Waals surface area contributed by atoms with E-state index in [0.29, 0.717) is 5.75 Å². The summed E-state index contributed by atoms with van der Waals surface area (Å²) in [5.41, 5.74) is 0. The summed E-state index contributed by atoms with van der Waals surface area (Å²) < 4.78 is 0. The molecule has 0 saturated heterocycles. The molecule has 80 valence electrons. The van der Waals surface area contributed by atoms with Gasteiger partial charge in [-0.25, -0.2) is 0 Å². The number of aryl methyl sites for hydroxylation is 1. The van der Waals surface area contributed by atoms with E-state index in [9.17, 15) is 0 Å². The summed E-state index contributed by atoms with van der Waals surface area (Å²) in [7, 11) is 0. The summed E-state index contributed by atoms with van der Waals surface area (Å²) in [5.74, 6) is 1.54. The summed E-state index contributed by atoms with van der Waals surface area (Å²) in [5, 5.41) is 17.7. The molecule has 0 aliphatic rings. The van der Waals surface area contributed by atoms with E-state index in [0.717, 1.165) is 12.2 Å². The lowest BCUT2D eigenvalue weighted by Crippen LogP contribution is -2.14. The first kappa shape index (κ1) is 12.0. The van der Waals surface area contributed by atoms with Crippen molar-refractivity contribution in [2.75, 3.05) is 12.4 Å². The van der Waals surface area contributed by atoms with Crippen LogP contribution in [0.1, 0.15) is 16.7 Å². The number of hydrogen-bond donors (Lipinski definition) is 2. The smallest absolute Gasteiger partial charge is 0.0861 e. The van der Waals surface area contributed by atoms with Crippen molar-refractivity contribution in [3.8, 4) is 0 Å². The summed E-state index contributed by atoms with van der Waals surface area (Å²) in [4.78, 5) is 2.75. The number of hydrogen-bond acceptors (Lipinski definition) is 4. The molecular formula is C10H16O2S2. The normalized spacial score (nSPS) is 13.1. The molecule has 2 nitrogen and oxygen atoms in total. The van der Waals surface area contributed by atoms with Crippen LogP contribution in [0.25, 0.3) is 0 Å². The van der Waals surface area contributed by atoms with Crippen molar-refractivity contribution in [3.05, 3.63) is 21.9 Å². The molecule has 1 unspecified atom stereocenters. The third kappa shape index (κ3) is 4.00. The standard InChI is InChI=1S/C10H16O2S2/c1-2-9-3-4-10(14-9)7-13-6-8(12)5-11/h3-4,8,11-12H,2,5-7H2,1H3. The van der Waals surface area contributed by atoms with Crippen LogP contribution in [-0.2, 0) is 12.2 Å². The molecule has 0 aliphatic carbocycles. The molecule has 4 heteroatoms. The van der Waals surface area contributed by atoms with Crippen LogP contribution in [-0.4, -0.2) is 28.7 Å². The molecule has 0 amide bonds. The van der Waals surface area contributed by atoms with Gasteiger partial charge in [0, 0.05) is 21.3 Å². The van der Waals surface area contributed by atoms with Gasteiger partial charge in [0.1, 0.15) is 0 Å². The number of thioether (sulfide) groups is 1. The minimum absolute atomic E-state index is 0.141. The van der Waals surface area contributed by atoms with Gasteiger partial charge in [0.2, 0.25) is 0 Å². The van der Waals surface area contributed by atoms with Crippen molar-refractivity contribution >= 4 is 23.1 Å². The molecule has 0 spiro atoms. The fraction of sp³-hybridized carbons (Fsp3) is 0.600. The maximum absolute atomic E-state index is 9.12. The Balaban J connectivity index is 2.24. The maximum atomic E-state index is 9.12. The van der Waals surface area contributed by atoms with Gasteiger partial charge >= 0.3 is 0 Å². The molecular weight excluding hydrogens is 216 g/mol. The van der Waals surface area contributed by atoms with E-state index in [-0.39, 0.29) is 6.61 Å². The highest BCUT2D eigenvalue weighted by Crippen LogP contribution is 2.22. The van der Waals surface area contributed by atoms with Crippen LogP contribution in [0.2, 0.25) is 0 Å². The Bertz CT molecular complexity index is 260. The number of aliphatic hydroxyl groups excluding tert-OH is 2. The zero-order valence-corrected chi connectivity index (χ0v) is 9.90. The van der Waals surface area contributed by atoms with E-state index in [1.54, 1.807) is 11.8 Å². The first-order valence-corrected chi connectivity index (χ1v) is 6.67. The van der Waals surface area contributed by atoms with Gasteiger partial charge in [0.25, 0.3) is 0 Å². The summed E-state index contributed by atoms with van der Waals surface area (Å²) in [6.07, 6.45) is 0.514. The maximum Gasteiger partial charge on any atom is 0.0861 e. The minimum Gasteiger partial charge on any atom is -0.394 e. The van der Waals surface area contributed by atoms with Crippen LogP contribution in [0.15, 0.2) is 12.1 Å². The van der Waals surface area contributed by atoms with Crippen LogP contribution in [0.4, 0.5) is 0 Å². The molecule has 1 aromatic heterocycles. The topological polar surface area (TPSA) is 40.5 Å². The molecule has 14 heavy (non-hydrogen) atoms. The predicted molar refractivity (Wildman–Crippen MR) is 63.0 cm³/mol. The Kier molecular flexibility index (Phi) is 5.55. The van der Waals surface area contributed by atoms with Crippen LogP contribution in [0.3, 0.4) is 0 Å². The second-order valence-corrected chi connectivity index (χ2v) is 5.36. The quantitative estimate of drug-likeness (QED) is 0.787. The van der Waals surface area contributed by atoms with Gasteiger partial charge in [-0.05, 0) is 18.6 Å². The van der Waals surface area contributed by atoms with Crippen LogP contribution >= 0.6 is 23.1 Å². The minimum atomic E-state index is -0.578. The SMILES string of the molecule is CCc1ccc(CSCC(O)CO)s1. The highest BCUT2D eigenvalue weighted by Gasteiger charge is 2.03. The van der Waals surface area contributed by atoms with Crippen molar-refractivity contribution in [2.24, 2.45) is 0 Å². The highest BCUT2D eigenvalue weighted by molar-refractivity contribution is 7.98. The molecule has 0 aromatic carbocycles. The fourth-order valence-corrected chi connectivity index (χ4v) is 3.07. The number of aliphatic hydroxyl groups is 2. The lowest BCUT2D eigenvalue weighted by Gasteiger charge is -2.04. The third-order valence-electron chi connectivity index (χ3n) is 1.83.